The van der Waals surface area contributed by atoms with Crippen LogP contribution in [0.1, 0.15) is 10.5 Å². The van der Waals surface area contributed by atoms with Crippen LogP contribution in [0.25, 0.3) is 11.3 Å². The summed E-state index contributed by atoms with van der Waals surface area (Å²) in [7, 11) is 1.60. The number of hydrogen-bond donors (Lipinski definition) is 2. The predicted octanol–water partition coefficient (Wildman–Crippen LogP) is 2.37. The first kappa shape index (κ1) is 14.6. The van der Waals surface area contributed by atoms with Gasteiger partial charge in [0.25, 0.3) is 5.91 Å². The average molecular weight is 310 g/mol. The van der Waals surface area contributed by atoms with Crippen LogP contribution in [0.15, 0.2) is 48.5 Å². The summed E-state index contributed by atoms with van der Waals surface area (Å²) in [6, 6.07) is 14.4. The fourth-order valence-electron chi connectivity index (χ4n) is 2.09. The van der Waals surface area contributed by atoms with Crippen molar-refractivity contribution < 1.29 is 14.3 Å². The van der Waals surface area contributed by atoms with Gasteiger partial charge in [0, 0.05) is 5.56 Å². The van der Waals surface area contributed by atoms with Gasteiger partial charge >= 0.3 is 0 Å². The van der Waals surface area contributed by atoms with E-state index in [4.69, 9.17) is 15.2 Å². The van der Waals surface area contributed by atoms with Gasteiger partial charge in [-0.05, 0) is 36.4 Å². The largest absolute Gasteiger partial charge is 0.497 e. The highest BCUT2D eigenvalue weighted by atomic mass is 16.5. The molecule has 23 heavy (non-hydrogen) atoms. The highest BCUT2D eigenvalue weighted by molar-refractivity contribution is 5.96. The Bertz CT molecular complexity index is 827. The van der Waals surface area contributed by atoms with Gasteiger partial charge in [-0.3, -0.25) is 4.79 Å². The summed E-state index contributed by atoms with van der Waals surface area (Å²) < 4.78 is 10.9. The van der Waals surface area contributed by atoms with Crippen molar-refractivity contribution in [2.75, 3.05) is 7.11 Å². The second-order valence-electron chi connectivity index (χ2n) is 4.69. The SMILES string of the molecule is COc1ccc(Oc2cccc(-c3n[nH]nc3C(N)=O)c2)cc1. The van der Waals surface area contributed by atoms with Gasteiger partial charge in [-0.1, -0.05) is 12.1 Å². The minimum Gasteiger partial charge on any atom is -0.497 e. The number of amides is 1. The number of methoxy groups -OCH3 is 1. The van der Waals surface area contributed by atoms with E-state index >= 15 is 0 Å². The highest BCUT2D eigenvalue weighted by Crippen LogP contribution is 2.28. The third kappa shape index (κ3) is 3.13. The molecule has 0 aliphatic rings. The molecule has 0 saturated carbocycles. The number of rotatable bonds is 5. The molecule has 1 aromatic heterocycles. The molecule has 0 aliphatic heterocycles. The van der Waals surface area contributed by atoms with E-state index in [0.29, 0.717) is 22.8 Å². The van der Waals surface area contributed by atoms with E-state index in [1.54, 1.807) is 43.5 Å². The topological polar surface area (TPSA) is 103 Å². The van der Waals surface area contributed by atoms with Crippen molar-refractivity contribution in [1.29, 1.82) is 0 Å². The molecule has 0 fully saturated rings. The molecule has 116 valence electrons. The minimum atomic E-state index is -0.643. The molecule has 7 heteroatoms. The lowest BCUT2D eigenvalue weighted by Gasteiger charge is -2.08. The number of aromatic nitrogens is 3. The molecule has 3 rings (SSSR count). The van der Waals surface area contributed by atoms with Crippen molar-refractivity contribution in [1.82, 2.24) is 15.4 Å². The number of primary amides is 1. The number of hydrogen-bond acceptors (Lipinski definition) is 5. The van der Waals surface area contributed by atoms with Gasteiger partial charge in [-0.25, -0.2) is 0 Å². The lowest BCUT2D eigenvalue weighted by Crippen LogP contribution is -2.12. The van der Waals surface area contributed by atoms with Gasteiger partial charge in [-0.2, -0.15) is 15.4 Å². The number of benzene rings is 2. The van der Waals surface area contributed by atoms with Gasteiger partial charge in [-0.15, -0.1) is 0 Å². The number of aromatic amines is 1. The Hall–Kier alpha value is -3.35. The van der Waals surface area contributed by atoms with E-state index in [9.17, 15) is 4.79 Å². The lowest BCUT2D eigenvalue weighted by molar-refractivity contribution is 0.0996. The lowest BCUT2D eigenvalue weighted by atomic mass is 10.1. The zero-order valence-corrected chi connectivity index (χ0v) is 12.3. The summed E-state index contributed by atoms with van der Waals surface area (Å²) in [5.74, 6) is 1.37. The molecule has 0 unspecified atom stereocenters. The normalized spacial score (nSPS) is 10.3. The summed E-state index contributed by atoms with van der Waals surface area (Å²) in [5, 5.41) is 10.1. The molecule has 1 amide bonds. The van der Waals surface area contributed by atoms with E-state index in [1.165, 1.54) is 0 Å². The molecule has 3 aromatic rings. The predicted molar refractivity (Wildman–Crippen MR) is 83.4 cm³/mol. The van der Waals surface area contributed by atoms with Crippen LogP contribution in [0.4, 0.5) is 0 Å². The number of nitrogens with one attached hydrogen (secondary N) is 1. The van der Waals surface area contributed by atoms with Gasteiger partial charge in [0.1, 0.15) is 22.9 Å². The molecule has 0 bridgehead atoms. The van der Waals surface area contributed by atoms with Crippen molar-refractivity contribution >= 4 is 5.91 Å². The third-order valence-electron chi connectivity index (χ3n) is 3.18. The van der Waals surface area contributed by atoms with Crippen LogP contribution in [0.3, 0.4) is 0 Å². The Morgan fingerprint density at radius 1 is 1.04 bits per heavy atom. The zero-order chi connectivity index (χ0) is 16.2. The Labute approximate surface area is 132 Å². The van der Waals surface area contributed by atoms with E-state index < -0.39 is 5.91 Å². The molecule has 0 radical (unpaired) electrons. The first-order valence-electron chi connectivity index (χ1n) is 6.80. The second kappa shape index (κ2) is 6.18. The van der Waals surface area contributed by atoms with E-state index in [0.717, 1.165) is 5.75 Å². The van der Waals surface area contributed by atoms with Crippen LogP contribution in [0.2, 0.25) is 0 Å². The number of ether oxygens (including phenoxy) is 2. The summed E-state index contributed by atoms with van der Waals surface area (Å²) in [5.41, 5.74) is 6.44. The molecule has 1 heterocycles. The van der Waals surface area contributed by atoms with Crippen LogP contribution in [-0.4, -0.2) is 28.4 Å². The van der Waals surface area contributed by atoms with Gasteiger partial charge in [0.15, 0.2) is 5.69 Å². The van der Waals surface area contributed by atoms with Crippen LogP contribution in [0.5, 0.6) is 17.2 Å². The summed E-state index contributed by atoms with van der Waals surface area (Å²) in [6.07, 6.45) is 0. The molecule has 2 aromatic carbocycles. The fraction of sp³-hybridized carbons (Fsp3) is 0.0625. The Kier molecular flexibility index (Phi) is 3.92. The van der Waals surface area contributed by atoms with E-state index in [2.05, 4.69) is 15.4 Å². The summed E-state index contributed by atoms with van der Waals surface area (Å²) in [6.45, 7) is 0. The van der Waals surface area contributed by atoms with Crippen molar-refractivity contribution in [2.24, 2.45) is 5.73 Å². The number of carbonyl (C=O) groups is 1. The number of nitrogens with zero attached hydrogens (tertiary/aromatic N) is 2. The number of carbonyl (C=O) groups excluding carboxylic acids is 1. The molecular formula is C16H14N4O3. The molecule has 3 N–H and O–H groups in total. The van der Waals surface area contributed by atoms with Gasteiger partial charge < -0.3 is 15.2 Å². The van der Waals surface area contributed by atoms with Crippen LogP contribution in [-0.2, 0) is 0 Å². The zero-order valence-electron chi connectivity index (χ0n) is 12.3. The molecule has 0 spiro atoms. The molecule has 0 aliphatic carbocycles. The second-order valence-corrected chi connectivity index (χ2v) is 4.69. The van der Waals surface area contributed by atoms with Crippen molar-refractivity contribution in [3.8, 4) is 28.5 Å². The molecule has 0 saturated heterocycles. The van der Waals surface area contributed by atoms with Crippen LogP contribution in [0, 0.1) is 0 Å². The maximum atomic E-state index is 11.3. The van der Waals surface area contributed by atoms with Gasteiger partial charge in [0.2, 0.25) is 0 Å². The van der Waals surface area contributed by atoms with Crippen LogP contribution >= 0.6 is 0 Å². The number of nitrogens with two attached hydrogens (primary N) is 1. The summed E-state index contributed by atoms with van der Waals surface area (Å²) >= 11 is 0. The Morgan fingerprint density at radius 2 is 1.78 bits per heavy atom. The fourth-order valence-corrected chi connectivity index (χ4v) is 2.09. The molecular weight excluding hydrogens is 296 g/mol. The number of H-pyrrole nitrogens is 1. The third-order valence-corrected chi connectivity index (χ3v) is 3.18. The Morgan fingerprint density at radius 3 is 2.48 bits per heavy atom. The maximum absolute atomic E-state index is 11.3. The smallest absolute Gasteiger partial charge is 0.271 e. The van der Waals surface area contributed by atoms with E-state index in [-0.39, 0.29) is 5.69 Å². The average Bonchev–Trinajstić information content (AvgIpc) is 3.06. The quantitative estimate of drug-likeness (QED) is 0.753. The van der Waals surface area contributed by atoms with Crippen molar-refractivity contribution in [3.05, 3.63) is 54.2 Å². The Balaban J connectivity index is 1.87. The van der Waals surface area contributed by atoms with Crippen LogP contribution < -0.4 is 15.2 Å². The molecule has 0 atom stereocenters. The summed E-state index contributed by atoms with van der Waals surface area (Å²) in [4.78, 5) is 11.3. The highest BCUT2D eigenvalue weighted by Gasteiger charge is 2.15. The standard InChI is InChI=1S/C16H14N4O3/c1-22-11-5-7-12(8-6-11)23-13-4-2-3-10(9-13)14-15(16(17)21)19-20-18-14/h2-9H,1H3,(H2,17,21)(H,18,19,20). The maximum Gasteiger partial charge on any atom is 0.271 e. The first-order valence-corrected chi connectivity index (χ1v) is 6.80. The monoisotopic (exact) mass is 310 g/mol. The minimum absolute atomic E-state index is 0.0894. The van der Waals surface area contributed by atoms with Crippen molar-refractivity contribution in [3.63, 3.8) is 0 Å². The first-order chi connectivity index (χ1) is 11.2. The van der Waals surface area contributed by atoms with Crippen molar-refractivity contribution in [2.45, 2.75) is 0 Å². The van der Waals surface area contributed by atoms with E-state index in [1.807, 2.05) is 12.1 Å². The van der Waals surface area contributed by atoms with Gasteiger partial charge in [0.05, 0.1) is 7.11 Å². The molecule has 7 nitrogen and oxygen atoms in total.